The van der Waals surface area contributed by atoms with Crippen molar-refractivity contribution in [3.8, 4) is 11.5 Å². The van der Waals surface area contributed by atoms with Gasteiger partial charge in [0.25, 0.3) is 5.89 Å². The predicted octanol–water partition coefficient (Wildman–Crippen LogP) is 4.70. The Morgan fingerprint density at radius 1 is 1.07 bits per heavy atom. The highest BCUT2D eigenvalue weighted by atomic mass is 79.9. The van der Waals surface area contributed by atoms with Gasteiger partial charge in [-0.15, -0.1) is 10.2 Å². The first-order valence-electron chi connectivity index (χ1n) is 8.71. The number of aromatic nitrogens is 2. The van der Waals surface area contributed by atoms with Gasteiger partial charge < -0.3 is 14.1 Å². The van der Waals surface area contributed by atoms with Crippen LogP contribution in [0.4, 0.5) is 5.69 Å². The predicted molar refractivity (Wildman–Crippen MR) is 107 cm³/mol. The van der Waals surface area contributed by atoms with Gasteiger partial charge in [-0.1, -0.05) is 12.1 Å². The molecule has 1 heterocycles. The van der Waals surface area contributed by atoms with Crippen LogP contribution >= 0.6 is 15.9 Å². The summed E-state index contributed by atoms with van der Waals surface area (Å²) in [7, 11) is 0. The zero-order chi connectivity index (χ0) is 19.2. The van der Waals surface area contributed by atoms with E-state index >= 15 is 0 Å². The van der Waals surface area contributed by atoms with Crippen LogP contribution in [0, 0.1) is 0 Å². The van der Waals surface area contributed by atoms with E-state index in [4.69, 9.17) is 9.15 Å². The normalized spacial score (nSPS) is 10.6. The summed E-state index contributed by atoms with van der Waals surface area (Å²) in [4.78, 5) is 14.4. The van der Waals surface area contributed by atoms with Crippen molar-refractivity contribution in [2.75, 3.05) is 18.0 Å². The third-order valence-electron chi connectivity index (χ3n) is 4.13. The molecule has 2 aromatic carbocycles. The van der Waals surface area contributed by atoms with Crippen LogP contribution in [0.5, 0.6) is 0 Å². The van der Waals surface area contributed by atoms with E-state index in [2.05, 4.69) is 44.9 Å². The number of esters is 1. The number of halogens is 1. The molecule has 0 radical (unpaired) electrons. The molecule has 0 fully saturated rings. The molecule has 6 nitrogen and oxygen atoms in total. The molecule has 0 aliphatic carbocycles. The SMILES string of the molecule is CCN(CC)c1ccc(C(=O)OCc2nnc(-c3ccccc3Br)o2)cc1. The molecule has 0 spiro atoms. The Balaban J connectivity index is 1.62. The maximum absolute atomic E-state index is 12.2. The van der Waals surface area contributed by atoms with Gasteiger partial charge in [0.05, 0.1) is 11.1 Å². The van der Waals surface area contributed by atoms with Gasteiger partial charge >= 0.3 is 5.97 Å². The van der Waals surface area contributed by atoms with Gasteiger partial charge in [-0.25, -0.2) is 4.79 Å². The molecule has 0 unspecified atom stereocenters. The van der Waals surface area contributed by atoms with Crippen molar-refractivity contribution in [2.45, 2.75) is 20.5 Å². The number of hydrogen-bond acceptors (Lipinski definition) is 6. The minimum atomic E-state index is -0.429. The summed E-state index contributed by atoms with van der Waals surface area (Å²) in [5, 5.41) is 7.94. The van der Waals surface area contributed by atoms with Gasteiger partial charge in [0, 0.05) is 23.2 Å². The van der Waals surface area contributed by atoms with Crippen molar-refractivity contribution >= 4 is 27.6 Å². The van der Waals surface area contributed by atoms with Crippen LogP contribution in [0.2, 0.25) is 0 Å². The summed E-state index contributed by atoms with van der Waals surface area (Å²) in [5.74, 6) is 0.188. The Labute approximate surface area is 166 Å². The highest BCUT2D eigenvalue weighted by Gasteiger charge is 2.14. The minimum absolute atomic E-state index is 0.0753. The second-order valence-corrected chi connectivity index (χ2v) is 6.63. The average Bonchev–Trinajstić information content (AvgIpc) is 3.17. The Kier molecular flexibility index (Phi) is 6.24. The zero-order valence-corrected chi connectivity index (χ0v) is 16.8. The number of hydrogen-bond donors (Lipinski definition) is 0. The van der Waals surface area contributed by atoms with Crippen molar-refractivity contribution in [1.29, 1.82) is 0 Å². The van der Waals surface area contributed by atoms with E-state index in [9.17, 15) is 4.79 Å². The van der Waals surface area contributed by atoms with Gasteiger partial charge in [-0.3, -0.25) is 0 Å². The lowest BCUT2D eigenvalue weighted by molar-refractivity contribution is 0.0438. The van der Waals surface area contributed by atoms with Crippen LogP contribution < -0.4 is 4.90 Å². The number of benzene rings is 2. The molecule has 0 bridgehead atoms. The molecule has 0 amide bonds. The summed E-state index contributed by atoms with van der Waals surface area (Å²) < 4.78 is 11.7. The highest BCUT2D eigenvalue weighted by molar-refractivity contribution is 9.10. The van der Waals surface area contributed by atoms with Gasteiger partial charge in [-0.05, 0) is 66.2 Å². The van der Waals surface area contributed by atoms with E-state index in [1.165, 1.54) is 0 Å². The van der Waals surface area contributed by atoms with Crippen molar-refractivity contribution in [2.24, 2.45) is 0 Å². The molecule has 0 atom stereocenters. The lowest BCUT2D eigenvalue weighted by Gasteiger charge is -2.20. The second kappa shape index (κ2) is 8.81. The smallest absolute Gasteiger partial charge is 0.338 e. The van der Waals surface area contributed by atoms with Crippen LogP contribution in [0.25, 0.3) is 11.5 Å². The van der Waals surface area contributed by atoms with Gasteiger partial charge in [0.15, 0.2) is 6.61 Å². The third kappa shape index (κ3) is 4.54. The Bertz CT molecular complexity index is 905. The number of carbonyl (C=O) groups excluding carboxylic acids is 1. The first-order chi connectivity index (χ1) is 13.1. The fourth-order valence-corrected chi connectivity index (χ4v) is 3.12. The number of ether oxygens (including phenoxy) is 1. The number of carbonyl (C=O) groups is 1. The number of anilines is 1. The van der Waals surface area contributed by atoms with Crippen LogP contribution in [0.3, 0.4) is 0 Å². The number of rotatable bonds is 7. The van der Waals surface area contributed by atoms with E-state index < -0.39 is 5.97 Å². The zero-order valence-electron chi connectivity index (χ0n) is 15.2. The fraction of sp³-hybridized carbons (Fsp3) is 0.250. The Hall–Kier alpha value is -2.67. The third-order valence-corrected chi connectivity index (χ3v) is 4.82. The molecule has 0 aliphatic rings. The van der Waals surface area contributed by atoms with Gasteiger partial charge in [0.2, 0.25) is 5.89 Å². The van der Waals surface area contributed by atoms with Crippen LogP contribution in [0.1, 0.15) is 30.1 Å². The summed E-state index contributed by atoms with van der Waals surface area (Å²) in [6.07, 6.45) is 0. The van der Waals surface area contributed by atoms with Crippen molar-refractivity contribution in [3.63, 3.8) is 0 Å². The van der Waals surface area contributed by atoms with Crippen LogP contribution in [-0.2, 0) is 11.3 Å². The molecule has 0 saturated heterocycles. The first-order valence-corrected chi connectivity index (χ1v) is 9.51. The lowest BCUT2D eigenvalue weighted by atomic mass is 10.2. The van der Waals surface area contributed by atoms with Crippen LogP contribution in [0.15, 0.2) is 57.4 Å². The molecule has 0 N–H and O–H groups in total. The first kappa shape index (κ1) is 19.1. The molecule has 27 heavy (non-hydrogen) atoms. The fourth-order valence-electron chi connectivity index (χ4n) is 2.66. The van der Waals surface area contributed by atoms with Crippen molar-refractivity contribution in [3.05, 3.63) is 64.5 Å². The van der Waals surface area contributed by atoms with E-state index in [0.29, 0.717) is 11.5 Å². The van der Waals surface area contributed by atoms with E-state index in [0.717, 1.165) is 28.8 Å². The molecule has 140 valence electrons. The molecular weight excluding hydrogens is 410 g/mol. The lowest BCUT2D eigenvalue weighted by Crippen LogP contribution is -2.21. The van der Waals surface area contributed by atoms with Crippen molar-refractivity contribution < 1.29 is 13.9 Å². The molecule has 0 aliphatic heterocycles. The van der Waals surface area contributed by atoms with Gasteiger partial charge in [-0.2, -0.15) is 0 Å². The average molecular weight is 430 g/mol. The minimum Gasteiger partial charge on any atom is -0.452 e. The van der Waals surface area contributed by atoms with E-state index in [-0.39, 0.29) is 12.5 Å². The number of nitrogens with zero attached hydrogens (tertiary/aromatic N) is 3. The highest BCUT2D eigenvalue weighted by Crippen LogP contribution is 2.26. The monoisotopic (exact) mass is 429 g/mol. The molecule has 0 saturated carbocycles. The van der Waals surface area contributed by atoms with Crippen LogP contribution in [-0.4, -0.2) is 29.3 Å². The maximum Gasteiger partial charge on any atom is 0.338 e. The molecular formula is C20H20BrN3O3. The summed E-state index contributed by atoms with van der Waals surface area (Å²) in [5.41, 5.74) is 2.34. The molecule has 7 heteroatoms. The molecule has 3 rings (SSSR count). The Morgan fingerprint density at radius 2 is 1.78 bits per heavy atom. The quantitative estimate of drug-likeness (QED) is 0.506. The van der Waals surface area contributed by atoms with Crippen molar-refractivity contribution in [1.82, 2.24) is 10.2 Å². The topological polar surface area (TPSA) is 68.5 Å². The maximum atomic E-state index is 12.2. The van der Waals surface area contributed by atoms with Gasteiger partial charge in [0.1, 0.15) is 0 Å². The van der Waals surface area contributed by atoms with E-state index in [1.54, 1.807) is 12.1 Å². The summed E-state index contributed by atoms with van der Waals surface area (Å²) in [6, 6.07) is 14.9. The summed E-state index contributed by atoms with van der Waals surface area (Å²) >= 11 is 3.44. The molecule has 3 aromatic rings. The standard InChI is InChI=1S/C20H20BrN3O3/c1-3-24(4-2)15-11-9-14(10-12-15)20(25)26-13-18-22-23-19(27-18)16-7-5-6-8-17(16)21/h5-12H,3-4,13H2,1-2H3. The Morgan fingerprint density at radius 3 is 2.44 bits per heavy atom. The van der Waals surface area contributed by atoms with E-state index in [1.807, 2.05) is 36.4 Å². The molecule has 1 aromatic heterocycles. The summed E-state index contributed by atoms with van der Waals surface area (Å²) in [6.45, 7) is 5.94. The largest absolute Gasteiger partial charge is 0.452 e. The second-order valence-electron chi connectivity index (χ2n) is 5.78.